The minimum Gasteiger partial charge on any atom is -0.293 e. The van der Waals surface area contributed by atoms with Crippen molar-refractivity contribution in [3.05, 3.63) is 23.1 Å². The van der Waals surface area contributed by atoms with Gasteiger partial charge in [0.25, 0.3) is 0 Å². The summed E-state index contributed by atoms with van der Waals surface area (Å²) in [6, 6.07) is 0. The van der Waals surface area contributed by atoms with Crippen LogP contribution in [0.4, 0.5) is 0 Å². The van der Waals surface area contributed by atoms with E-state index in [1.165, 1.54) is 0 Å². The fourth-order valence-electron chi connectivity index (χ4n) is 0.693. The zero-order valence-corrected chi connectivity index (χ0v) is 6.23. The van der Waals surface area contributed by atoms with Crippen LogP contribution in [-0.2, 0) is 0 Å². The van der Waals surface area contributed by atoms with E-state index in [1.807, 2.05) is 18.2 Å². The highest BCUT2D eigenvalue weighted by molar-refractivity contribution is 7.84. The fraction of sp³-hybridized carbons (Fsp3) is 0.286. The first-order valence-electron chi connectivity index (χ1n) is 2.86. The molecule has 0 saturated heterocycles. The maximum Gasteiger partial charge on any atom is 0.0383 e. The van der Waals surface area contributed by atoms with Crippen LogP contribution < -0.4 is 0 Å². The Morgan fingerprint density at radius 1 is 1.56 bits per heavy atom. The molecule has 9 heavy (non-hydrogen) atoms. The molecule has 0 atom stereocenters. The second-order valence-corrected chi connectivity index (χ2v) is 2.40. The maximum atomic E-state index is 4.16. The van der Waals surface area contributed by atoms with Crippen LogP contribution in [0.3, 0.4) is 0 Å². The molecule has 0 aromatic heterocycles. The fourth-order valence-corrected chi connectivity index (χ4v) is 0.858. The highest BCUT2D eigenvalue weighted by Crippen LogP contribution is 2.10. The van der Waals surface area contributed by atoms with Gasteiger partial charge in [-0.05, 0) is 12.2 Å². The summed E-state index contributed by atoms with van der Waals surface area (Å²) in [7, 11) is 1.80. The van der Waals surface area contributed by atoms with Crippen molar-refractivity contribution in [3.8, 4) is 0 Å². The van der Waals surface area contributed by atoms with E-state index in [0.29, 0.717) is 0 Å². The van der Waals surface area contributed by atoms with Crippen molar-refractivity contribution < 1.29 is 0 Å². The van der Waals surface area contributed by atoms with E-state index in [0.717, 1.165) is 17.0 Å². The molecule has 0 fully saturated rings. The lowest BCUT2D eigenvalue weighted by Gasteiger charge is -2.00. The average Bonchev–Trinajstić information content (AvgIpc) is 1.90. The molecule has 1 aliphatic rings. The Balaban J connectivity index is 2.70. The van der Waals surface area contributed by atoms with Gasteiger partial charge in [0, 0.05) is 24.1 Å². The Bertz CT molecular complexity index is 189. The SMILES string of the molecule is CN=C1C=CC(S)=CC1. The molecule has 48 valence electrons. The summed E-state index contributed by atoms with van der Waals surface area (Å²) in [6.45, 7) is 0. The highest BCUT2D eigenvalue weighted by atomic mass is 32.1. The smallest absolute Gasteiger partial charge is 0.0383 e. The summed E-state index contributed by atoms with van der Waals surface area (Å²) >= 11 is 4.16. The summed E-state index contributed by atoms with van der Waals surface area (Å²) in [4.78, 5) is 5.06. The molecule has 0 aromatic carbocycles. The van der Waals surface area contributed by atoms with Gasteiger partial charge in [-0.2, -0.15) is 0 Å². The predicted molar refractivity (Wildman–Crippen MR) is 44.2 cm³/mol. The summed E-state index contributed by atoms with van der Waals surface area (Å²) in [5, 5.41) is 0. The third-order valence-electron chi connectivity index (χ3n) is 1.25. The van der Waals surface area contributed by atoms with Crippen LogP contribution in [0, 0.1) is 0 Å². The lowest BCUT2D eigenvalue weighted by Crippen LogP contribution is -1.94. The summed E-state index contributed by atoms with van der Waals surface area (Å²) in [6.07, 6.45) is 6.91. The van der Waals surface area contributed by atoms with Gasteiger partial charge >= 0.3 is 0 Å². The van der Waals surface area contributed by atoms with E-state index in [-0.39, 0.29) is 0 Å². The van der Waals surface area contributed by atoms with Crippen LogP contribution >= 0.6 is 12.6 Å². The van der Waals surface area contributed by atoms with Gasteiger partial charge in [0.15, 0.2) is 0 Å². The zero-order valence-electron chi connectivity index (χ0n) is 5.33. The lowest BCUT2D eigenvalue weighted by molar-refractivity contribution is 1.35. The summed E-state index contributed by atoms with van der Waals surface area (Å²) in [5.41, 5.74) is 1.12. The molecule has 0 amide bonds. The van der Waals surface area contributed by atoms with E-state index in [4.69, 9.17) is 0 Å². The molecule has 1 nitrogen and oxygen atoms in total. The van der Waals surface area contributed by atoms with E-state index in [2.05, 4.69) is 17.6 Å². The molecule has 0 aromatic rings. The average molecular weight is 139 g/mol. The Morgan fingerprint density at radius 3 is 2.78 bits per heavy atom. The lowest BCUT2D eigenvalue weighted by atomic mass is 10.1. The van der Waals surface area contributed by atoms with E-state index in [1.54, 1.807) is 7.05 Å². The molecule has 2 heteroatoms. The maximum absolute atomic E-state index is 4.16. The van der Waals surface area contributed by atoms with Crippen molar-refractivity contribution in [1.29, 1.82) is 0 Å². The topological polar surface area (TPSA) is 12.4 Å². The Hall–Kier alpha value is -0.500. The highest BCUT2D eigenvalue weighted by Gasteiger charge is 1.95. The molecule has 0 radical (unpaired) electrons. The largest absolute Gasteiger partial charge is 0.293 e. The van der Waals surface area contributed by atoms with Gasteiger partial charge in [-0.15, -0.1) is 12.6 Å². The van der Waals surface area contributed by atoms with Crippen LogP contribution in [0.1, 0.15) is 6.42 Å². The van der Waals surface area contributed by atoms with Gasteiger partial charge in [0.2, 0.25) is 0 Å². The minimum atomic E-state index is 0.922. The first-order valence-corrected chi connectivity index (χ1v) is 3.30. The van der Waals surface area contributed by atoms with Crippen LogP contribution in [-0.4, -0.2) is 12.8 Å². The zero-order chi connectivity index (χ0) is 6.69. The van der Waals surface area contributed by atoms with Crippen molar-refractivity contribution >= 4 is 18.3 Å². The number of hydrogen-bond donors (Lipinski definition) is 1. The molecule has 0 saturated carbocycles. The molecule has 0 bridgehead atoms. The van der Waals surface area contributed by atoms with Crippen molar-refractivity contribution in [2.45, 2.75) is 6.42 Å². The number of rotatable bonds is 0. The van der Waals surface area contributed by atoms with Crippen molar-refractivity contribution in [1.82, 2.24) is 0 Å². The number of hydrogen-bond acceptors (Lipinski definition) is 2. The standard InChI is InChI=1S/C7H9NS/c1-8-6-2-4-7(9)5-3-6/h2,4-5,9H,3H2,1H3. The number of aliphatic imine (C=N–C) groups is 1. The second-order valence-electron chi connectivity index (χ2n) is 1.88. The summed E-state index contributed by atoms with van der Waals surface area (Å²) in [5.74, 6) is 0. The number of nitrogens with zero attached hydrogens (tertiary/aromatic N) is 1. The molecule has 0 unspecified atom stereocenters. The Labute approximate surface area is 60.6 Å². The second kappa shape index (κ2) is 2.87. The van der Waals surface area contributed by atoms with Crippen molar-refractivity contribution in [2.75, 3.05) is 7.05 Å². The quantitative estimate of drug-likeness (QED) is 0.492. The molecule has 1 rings (SSSR count). The van der Waals surface area contributed by atoms with E-state index >= 15 is 0 Å². The van der Waals surface area contributed by atoms with Crippen molar-refractivity contribution in [3.63, 3.8) is 0 Å². The third kappa shape index (κ3) is 1.72. The van der Waals surface area contributed by atoms with E-state index < -0.39 is 0 Å². The van der Waals surface area contributed by atoms with Gasteiger partial charge in [-0.1, -0.05) is 6.08 Å². The van der Waals surface area contributed by atoms with E-state index in [9.17, 15) is 0 Å². The molecule has 0 spiro atoms. The van der Waals surface area contributed by atoms with Gasteiger partial charge in [-0.25, -0.2) is 0 Å². The first kappa shape index (κ1) is 6.62. The van der Waals surface area contributed by atoms with Crippen LogP contribution in [0.2, 0.25) is 0 Å². The number of allylic oxidation sites excluding steroid dienone is 3. The van der Waals surface area contributed by atoms with Gasteiger partial charge in [0.1, 0.15) is 0 Å². The molecular formula is C7H9NS. The molecular weight excluding hydrogens is 130 g/mol. The molecule has 0 heterocycles. The monoisotopic (exact) mass is 139 g/mol. The Kier molecular flexibility index (Phi) is 2.11. The molecule has 0 N–H and O–H groups in total. The van der Waals surface area contributed by atoms with Crippen LogP contribution in [0.15, 0.2) is 28.1 Å². The Morgan fingerprint density at radius 2 is 2.33 bits per heavy atom. The predicted octanol–water partition coefficient (Wildman–Crippen LogP) is 1.83. The third-order valence-corrected chi connectivity index (χ3v) is 1.59. The number of thiol groups is 1. The minimum absolute atomic E-state index is 0.922. The van der Waals surface area contributed by atoms with Crippen LogP contribution in [0.25, 0.3) is 0 Å². The molecule has 0 aliphatic heterocycles. The van der Waals surface area contributed by atoms with Crippen LogP contribution in [0.5, 0.6) is 0 Å². The van der Waals surface area contributed by atoms with Gasteiger partial charge in [-0.3, -0.25) is 4.99 Å². The van der Waals surface area contributed by atoms with Crippen molar-refractivity contribution in [2.24, 2.45) is 4.99 Å². The van der Waals surface area contributed by atoms with Gasteiger partial charge in [0.05, 0.1) is 0 Å². The van der Waals surface area contributed by atoms with Gasteiger partial charge < -0.3 is 0 Å². The normalized spacial score (nSPS) is 22.4. The first-order chi connectivity index (χ1) is 4.33. The molecule has 1 aliphatic carbocycles. The summed E-state index contributed by atoms with van der Waals surface area (Å²) < 4.78 is 0.